The number of hydrogen-bond acceptors (Lipinski definition) is 3. The zero-order chi connectivity index (χ0) is 22.2. The highest BCUT2D eigenvalue weighted by molar-refractivity contribution is 8.19. The van der Waals surface area contributed by atoms with Crippen LogP contribution in [0.5, 0.6) is 0 Å². The first-order valence-electron chi connectivity index (χ1n) is 10.5. The van der Waals surface area contributed by atoms with Gasteiger partial charge in [0.15, 0.2) is 5.17 Å². The molecule has 4 aromatic rings. The average molecular weight is 438 g/mol. The van der Waals surface area contributed by atoms with E-state index < -0.39 is 0 Å². The van der Waals surface area contributed by atoms with Gasteiger partial charge in [-0.25, -0.2) is 4.99 Å². The molecule has 0 radical (unpaired) electrons. The van der Waals surface area contributed by atoms with Gasteiger partial charge in [0, 0.05) is 29.7 Å². The quantitative estimate of drug-likeness (QED) is 0.339. The van der Waals surface area contributed by atoms with E-state index >= 15 is 0 Å². The molecule has 2 heterocycles. The maximum absolute atomic E-state index is 13.5. The SMILES string of the molecule is Cc1ccc(N=C2S/C(=C/c3cn(C)c4ccccc34)C(=O)N2c2ccc(C)cc2)cc1. The summed E-state index contributed by atoms with van der Waals surface area (Å²) in [6.45, 7) is 4.09. The third-order valence-corrected chi connectivity index (χ3v) is 6.54. The smallest absolute Gasteiger partial charge is 0.271 e. The van der Waals surface area contributed by atoms with Crippen molar-refractivity contribution in [3.8, 4) is 0 Å². The van der Waals surface area contributed by atoms with Crippen molar-refractivity contribution in [2.45, 2.75) is 13.8 Å². The molecular weight excluding hydrogens is 414 g/mol. The number of rotatable bonds is 3. The third kappa shape index (κ3) is 3.76. The predicted molar refractivity (Wildman–Crippen MR) is 135 cm³/mol. The van der Waals surface area contributed by atoms with Gasteiger partial charge in [0.2, 0.25) is 0 Å². The molecule has 1 aliphatic heterocycles. The predicted octanol–water partition coefficient (Wildman–Crippen LogP) is 6.60. The lowest BCUT2D eigenvalue weighted by Crippen LogP contribution is -2.28. The van der Waals surface area contributed by atoms with Crippen molar-refractivity contribution in [3.63, 3.8) is 0 Å². The average Bonchev–Trinajstić information content (AvgIpc) is 3.27. The second-order valence-corrected chi connectivity index (χ2v) is 9.04. The van der Waals surface area contributed by atoms with E-state index in [2.05, 4.69) is 22.9 Å². The largest absolute Gasteiger partial charge is 0.350 e. The molecule has 1 fully saturated rings. The highest BCUT2D eigenvalue weighted by Crippen LogP contribution is 2.38. The Labute approximate surface area is 191 Å². The van der Waals surface area contributed by atoms with Crippen molar-refractivity contribution in [2.75, 3.05) is 4.90 Å². The zero-order valence-corrected chi connectivity index (χ0v) is 19.1. The molecule has 0 saturated carbocycles. The summed E-state index contributed by atoms with van der Waals surface area (Å²) in [6.07, 6.45) is 4.05. The molecule has 0 bridgehead atoms. The van der Waals surface area contributed by atoms with Crippen LogP contribution in [0.3, 0.4) is 0 Å². The van der Waals surface area contributed by atoms with Gasteiger partial charge in [0.25, 0.3) is 5.91 Å². The number of hydrogen-bond donors (Lipinski definition) is 0. The summed E-state index contributed by atoms with van der Waals surface area (Å²) in [5.74, 6) is -0.0577. The molecule has 1 aromatic heterocycles. The van der Waals surface area contributed by atoms with E-state index in [9.17, 15) is 4.79 Å². The van der Waals surface area contributed by atoms with Crippen molar-refractivity contribution in [3.05, 3.63) is 101 Å². The van der Waals surface area contributed by atoms with Crippen molar-refractivity contribution in [1.29, 1.82) is 0 Å². The van der Waals surface area contributed by atoms with Crippen LogP contribution >= 0.6 is 11.8 Å². The minimum atomic E-state index is -0.0577. The molecule has 0 unspecified atom stereocenters. The maximum atomic E-state index is 13.5. The van der Waals surface area contributed by atoms with Crippen LogP contribution in [0, 0.1) is 13.8 Å². The lowest BCUT2D eigenvalue weighted by atomic mass is 10.1. The van der Waals surface area contributed by atoms with E-state index in [0.29, 0.717) is 10.1 Å². The summed E-state index contributed by atoms with van der Waals surface area (Å²) in [5.41, 5.74) is 6.14. The van der Waals surface area contributed by atoms with Crippen LogP contribution in [0.1, 0.15) is 16.7 Å². The number of aryl methyl sites for hydroxylation is 3. The molecule has 5 rings (SSSR count). The monoisotopic (exact) mass is 437 g/mol. The molecule has 4 nitrogen and oxygen atoms in total. The molecule has 0 spiro atoms. The number of aromatic nitrogens is 1. The van der Waals surface area contributed by atoms with E-state index in [1.165, 1.54) is 17.3 Å². The van der Waals surface area contributed by atoms with E-state index in [-0.39, 0.29) is 5.91 Å². The first-order valence-corrected chi connectivity index (χ1v) is 11.3. The third-order valence-electron chi connectivity index (χ3n) is 5.57. The standard InChI is InChI=1S/C27H23N3OS/c1-18-8-12-21(13-9-18)28-27-30(22-14-10-19(2)11-15-22)26(31)25(32-27)16-20-17-29(3)24-7-5-4-6-23(20)24/h4-17H,1-3H3/b25-16+,28-27?. The fraction of sp³-hybridized carbons (Fsp3) is 0.111. The van der Waals surface area contributed by atoms with Gasteiger partial charge in [-0.05, 0) is 62.0 Å². The number of amidine groups is 1. The molecular formula is C27H23N3OS. The number of para-hydroxylation sites is 1. The Morgan fingerprint density at radius 3 is 2.25 bits per heavy atom. The van der Waals surface area contributed by atoms with Crippen LogP contribution in [-0.4, -0.2) is 15.6 Å². The van der Waals surface area contributed by atoms with Crippen LogP contribution in [0.2, 0.25) is 0 Å². The van der Waals surface area contributed by atoms with Crippen molar-refractivity contribution in [1.82, 2.24) is 4.57 Å². The van der Waals surface area contributed by atoms with Gasteiger partial charge >= 0.3 is 0 Å². The second kappa shape index (κ2) is 8.17. The second-order valence-electron chi connectivity index (χ2n) is 8.03. The van der Waals surface area contributed by atoms with Gasteiger partial charge in [-0.2, -0.15) is 0 Å². The van der Waals surface area contributed by atoms with E-state index in [4.69, 9.17) is 4.99 Å². The highest BCUT2D eigenvalue weighted by Gasteiger charge is 2.35. The molecule has 5 heteroatoms. The summed E-state index contributed by atoms with van der Waals surface area (Å²) in [6, 6.07) is 24.2. The molecule has 0 N–H and O–H groups in total. The number of nitrogens with zero attached hydrogens (tertiary/aromatic N) is 3. The van der Waals surface area contributed by atoms with Crippen molar-refractivity contribution in [2.24, 2.45) is 12.0 Å². The summed E-state index contributed by atoms with van der Waals surface area (Å²) < 4.78 is 2.09. The Kier molecular flexibility index (Phi) is 5.19. The van der Waals surface area contributed by atoms with Gasteiger partial charge in [0.05, 0.1) is 16.3 Å². The molecule has 158 valence electrons. The molecule has 1 saturated heterocycles. The molecule has 0 aliphatic carbocycles. The van der Waals surface area contributed by atoms with Gasteiger partial charge in [-0.3, -0.25) is 9.69 Å². The molecule has 0 atom stereocenters. The van der Waals surface area contributed by atoms with Crippen LogP contribution in [-0.2, 0) is 11.8 Å². The van der Waals surface area contributed by atoms with Crippen molar-refractivity contribution < 1.29 is 4.79 Å². The fourth-order valence-electron chi connectivity index (χ4n) is 3.83. The number of carbonyl (C=O) groups is 1. The molecule has 3 aromatic carbocycles. The Balaban J connectivity index is 1.61. The lowest BCUT2D eigenvalue weighted by molar-refractivity contribution is -0.113. The van der Waals surface area contributed by atoms with Crippen LogP contribution < -0.4 is 4.90 Å². The maximum Gasteiger partial charge on any atom is 0.271 e. The van der Waals surface area contributed by atoms with E-state index in [0.717, 1.165) is 33.4 Å². The number of amides is 1. The van der Waals surface area contributed by atoms with Gasteiger partial charge in [-0.15, -0.1) is 0 Å². The summed E-state index contributed by atoms with van der Waals surface area (Å²) in [4.78, 5) is 20.7. The Hall–Kier alpha value is -3.57. The Bertz CT molecular complexity index is 1380. The Morgan fingerprint density at radius 1 is 0.875 bits per heavy atom. The van der Waals surface area contributed by atoms with Crippen molar-refractivity contribution >= 4 is 51.2 Å². The minimum Gasteiger partial charge on any atom is -0.350 e. The van der Waals surface area contributed by atoms with E-state index in [1.807, 2.05) is 87.6 Å². The summed E-state index contributed by atoms with van der Waals surface area (Å²) in [7, 11) is 2.02. The summed E-state index contributed by atoms with van der Waals surface area (Å²) >= 11 is 1.42. The first-order chi connectivity index (χ1) is 15.5. The number of benzene rings is 3. The normalized spacial score (nSPS) is 16.6. The van der Waals surface area contributed by atoms with Crippen LogP contribution in [0.4, 0.5) is 11.4 Å². The minimum absolute atomic E-state index is 0.0577. The lowest BCUT2D eigenvalue weighted by Gasteiger charge is -2.16. The molecule has 1 amide bonds. The fourth-order valence-corrected chi connectivity index (χ4v) is 4.82. The topological polar surface area (TPSA) is 37.6 Å². The number of fused-ring (bicyclic) bond motifs is 1. The molecule has 1 aliphatic rings. The number of anilines is 1. The zero-order valence-electron chi connectivity index (χ0n) is 18.2. The number of aliphatic imine (C=N–C) groups is 1. The number of carbonyl (C=O) groups excluding carboxylic acids is 1. The van der Waals surface area contributed by atoms with Crippen LogP contribution in [0.15, 0.2) is 88.9 Å². The summed E-state index contributed by atoms with van der Waals surface area (Å²) in [5, 5.41) is 1.79. The number of thioether (sulfide) groups is 1. The van der Waals surface area contributed by atoms with Gasteiger partial charge in [0.1, 0.15) is 0 Å². The highest BCUT2D eigenvalue weighted by atomic mass is 32.2. The van der Waals surface area contributed by atoms with E-state index in [1.54, 1.807) is 4.90 Å². The van der Waals surface area contributed by atoms with Gasteiger partial charge < -0.3 is 4.57 Å². The first kappa shape index (κ1) is 20.3. The molecule has 32 heavy (non-hydrogen) atoms. The Morgan fingerprint density at radius 2 is 1.53 bits per heavy atom. The van der Waals surface area contributed by atoms with Gasteiger partial charge in [-0.1, -0.05) is 53.6 Å². The van der Waals surface area contributed by atoms with Crippen LogP contribution in [0.25, 0.3) is 17.0 Å².